The lowest BCUT2D eigenvalue weighted by Gasteiger charge is -2.23. The van der Waals surface area contributed by atoms with Crippen LogP contribution < -0.4 is 0 Å². The topological polar surface area (TPSA) is 40.5 Å². The number of rotatable bonds is 1. The fourth-order valence-corrected chi connectivity index (χ4v) is 2.09. The molecule has 0 saturated heterocycles. The molecular weight excluding hydrogens is 200 g/mol. The van der Waals surface area contributed by atoms with E-state index in [0.717, 1.165) is 23.1 Å². The summed E-state index contributed by atoms with van der Waals surface area (Å²) in [6.45, 7) is 5.61. The van der Waals surface area contributed by atoms with Crippen LogP contribution in [0.1, 0.15) is 37.5 Å². The lowest BCUT2D eigenvalue weighted by Crippen LogP contribution is -2.16. The standard InChI is InChI=1S/C14H18O2/c1-9-4-5-12-10(6-9)7-11(8-13(12)15)14(2,3)16/h4-5,7-9,15-16H,6H2,1-3H3. The Morgan fingerprint density at radius 2 is 2.00 bits per heavy atom. The molecule has 2 heteroatoms. The predicted molar refractivity (Wildman–Crippen MR) is 65.3 cm³/mol. The lowest BCUT2D eigenvalue weighted by atomic mass is 9.86. The van der Waals surface area contributed by atoms with Gasteiger partial charge in [-0.25, -0.2) is 0 Å². The summed E-state index contributed by atoms with van der Waals surface area (Å²) >= 11 is 0. The molecule has 0 fully saturated rings. The number of hydrogen-bond acceptors (Lipinski definition) is 2. The van der Waals surface area contributed by atoms with Crippen molar-refractivity contribution in [2.75, 3.05) is 0 Å². The van der Waals surface area contributed by atoms with E-state index in [4.69, 9.17) is 0 Å². The third-order valence-corrected chi connectivity index (χ3v) is 3.08. The Hall–Kier alpha value is -1.28. The highest BCUT2D eigenvalue weighted by Crippen LogP contribution is 2.34. The molecule has 1 unspecified atom stereocenters. The lowest BCUT2D eigenvalue weighted by molar-refractivity contribution is 0.0782. The first-order valence-electron chi connectivity index (χ1n) is 5.65. The van der Waals surface area contributed by atoms with Gasteiger partial charge in [-0.1, -0.05) is 25.1 Å². The molecule has 1 aliphatic carbocycles. The predicted octanol–water partition coefficient (Wildman–Crippen LogP) is 2.83. The quantitative estimate of drug-likeness (QED) is 0.761. The third kappa shape index (κ3) is 1.98. The first kappa shape index (κ1) is 11.2. The van der Waals surface area contributed by atoms with Crippen molar-refractivity contribution < 1.29 is 10.2 Å². The molecule has 1 aliphatic rings. The van der Waals surface area contributed by atoms with Crippen LogP contribution in [0.3, 0.4) is 0 Å². The van der Waals surface area contributed by atoms with Gasteiger partial charge in [0.2, 0.25) is 0 Å². The fraction of sp³-hybridized carbons (Fsp3) is 0.429. The summed E-state index contributed by atoms with van der Waals surface area (Å²) in [6, 6.07) is 3.65. The summed E-state index contributed by atoms with van der Waals surface area (Å²) in [5, 5.41) is 19.9. The van der Waals surface area contributed by atoms with Crippen molar-refractivity contribution in [2.24, 2.45) is 5.92 Å². The number of allylic oxidation sites excluding steroid dienone is 1. The highest BCUT2D eigenvalue weighted by Gasteiger charge is 2.21. The van der Waals surface area contributed by atoms with E-state index in [9.17, 15) is 10.2 Å². The van der Waals surface area contributed by atoms with Crippen LogP contribution in [0.15, 0.2) is 18.2 Å². The van der Waals surface area contributed by atoms with Crippen molar-refractivity contribution in [3.63, 3.8) is 0 Å². The maximum absolute atomic E-state index is 9.95. The van der Waals surface area contributed by atoms with Crippen molar-refractivity contribution >= 4 is 6.08 Å². The van der Waals surface area contributed by atoms with Gasteiger partial charge in [0.25, 0.3) is 0 Å². The van der Waals surface area contributed by atoms with Gasteiger partial charge in [0.1, 0.15) is 5.75 Å². The third-order valence-electron chi connectivity index (χ3n) is 3.08. The van der Waals surface area contributed by atoms with Crippen LogP contribution in [0.2, 0.25) is 0 Å². The van der Waals surface area contributed by atoms with Gasteiger partial charge in [-0.3, -0.25) is 0 Å². The second-order valence-corrected chi connectivity index (χ2v) is 5.17. The van der Waals surface area contributed by atoms with Crippen LogP contribution in [-0.2, 0) is 12.0 Å². The second-order valence-electron chi connectivity index (χ2n) is 5.17. The number of hydrogen-bond donors (Lipinski definition) is 2. The van der Waals surface area contributed by atoms with E-state index in [2.05, 4.69) is 13.0 Å². The Morgan fingerprint density at radius 1 is 1.31 bits per heavy atom. The average Bonchev–Trinajstić information content (AvgIpc) is 2.15. The van der Waals surface area contributed by atoms with Gasteiger partial charge in [0, 0.05) is 5.56 Å². The smallest absolute Gasteiger partial charge is 0.123 e. The van der Waals surface area contributed by atoms with Crippen molar-refractivity contribution in [3.8, 4) is 5.75 Å². The van der Waals surface area contributed by atoms with Crippen LogP contribution in [0.25, 0.3) is 6.08 Å². The Labute approximate surface area is 96.2 Å². The highest BCUT2D eigenvalue weighted by molar-refractivity contribution is 5.64. The number of benzene rings is 1. The molecule has 2 N–H and O–H groups in total. The van der Waals surface area contributed by atoms with Gasteiger partial charge in [-0.2, -0.15) is 0 Å². The SMILES string of the molecule is CC1C=Cc2c(O)cc(C(C)(C)O)cc2C1. The molecule has 0 spiro atoms. The number of aromatic hydroxyl groups is 1. The minimum atomic E-state index is -0.906. The van der Waals surface area contributed by atoms with E-state index in [1.165, 1.54) is 0 Å². The molecule has 0 amide bonds. The molecule has 2 nitrogen and oxygen atoms in total. The van der Waals surface area contributed by atoms with E-state index in [-0.39, 0.29) is 5.75 Å². The maximum atomic E-state index is 9.95. The van der Waals surface area contributed by atoms with Crippen LogP contribution in [0, 0.1) is 5.92 Å². The number of fused-ring (bicyclic) bond motifs is 1. The molecule has 0 heterocycles. The Kier molecular flexibility index (Phi) is 2.55. The van der Waals surface area contributed by atoms with Crippen molar-refractivity contribution in [1.82, 2.24) is 0 Å². The first-order valence-corrected chi connectivity index (χ1v) is 5.65. The van der Waals surface area contributed by atoms with E-state index in [1.54, 1.807) is 19.9 Å². The summed E-state index contributed by atoms with van der Waals surface area (Å²) < 4.78 is 0. The van der Waals surface area contributed by atoms with E-state index >= 15 is 0 Å². The zero-order valence-electron chi connectivity index (χ0n) is 9.99. The van der Waals surface area contributed by atoms with Crippen molar-refractivity contribution in [2.45, 2.75) is 32.8 Å². The van der Waals surface area contributed by atoms with E-state index in [1.807, 2.05) is 12.1 Å². The number of aliphatic hydroxyl groups is 1. The summed E-state index contributed by atoms with van der Waals surface area (Å²) in [4.78, 5) is 0. The summed E-state index contributed by atoms with van der Waals surface area (Å²) in [6.07, 6.45) is 4.99. The van der Waals surface area contributed by atoms with Crippen molar-refractivity contribution in [3.05, 3.63) is 34.9 Å². The molecule has 0 aliphatic heterocycles. The molecule has 1 aromatic carbocycles. The van der Waals surface area contributed by atoms with Crippen LogP contribution in [-0.4, -0.2) is 10.2 Å². The normalized spacial score (nSPS) is 19.6. The van der Waals surface area contributed by atoms with Crippen LogP contribution in [0.4, 0.5) is 0 Å². The zero-order valence-corrected chi connectivity index (χ0v) is 9.99. The minimum absolute atomic E-state index is 0.262. The Balaban J connectivity index is 2.54. The Morgan fingerprint density at radius 3 is 2.62 bits per heavy atom. The fourth-order valence-electron chi connectivity index (χ4n) is 2.09. The molecule has 16 heavy (non-hydrogen) atoms. The minimum Gasteiger partial charge on any atom is -0.507 e. The molecule has 1 atom stereocenters. The molecular formula is C14H18O2. The summed E-state index contributed by atoms with van der Waals surface area (Å²) in [5.74, 6) is 0.752. The number of phenols is 1. The molecule has 0 radical (unpaired) electrons. The number of phenolic OH excluding ortho intramolecular Hbond substituents is 1. The van der Waals surface area contributed by atoms with Gasteiger partial charge in [-0.05, 0) is 43.4 Å². The monoisotopic (exact) mass is 218 g/mol. The average molecular weight is 218 g/mol. The van der Waals surface area contributed by atoms with Gasteiger partial charge in [0.05, 0.1) is 5.60 Å². The van der Waals surface area contributed by atoms with Gasteiger partial charge < -0.3 is 10.2 Å². The molecule has 0 aromatic heterocycles. The van der Waals surface area contributed by atoms with Gasteiger partial charge in [-0.15, -0.1) is 0 Å². The van der Waals surface area contributed by atoms with Crippen LogP contribution >= 0.6 is 0 Å². The second kappa shape index (κ2) is 3.63. The van der Waals surface area contributed by atoms with Gasteiger partial charge in [0.15, 0.2) is 0 Å². The van der Waals surface area contributed by atoms with Crippen molar-refractivity contribution in [1.29, 1.82) is 0 Å². The Bertz CT molecular complexity index is 439. The van der Waals surface area contributed by atoms with E-state index in [0.29, 0.717) is 5.92 Å². The summed E-state index contributed by atoms with van der Waals surface area (Å²) in [5.41, 5.74) is 1.88. The molecule has 0 saturated carbocycles. The highest BCUT2D eigenvalue weighted by atomic mass is 16.3. The molecule has 86 valence electrons. The maximum Gasteiger partial charge on any atom is 0.123 e. The van der Waals surface area contributed by atoms with Gasteiger partial charge >= 0.3 is 0 Å². The first-order chi connectivity index (χ1) is 7.38. The molecule has 0 bridgehead atoms. The molecule has 2 rings (SSSR count). The molecule has 1 aromatic rings. The van der Waals surface area contributed by atoms with E-state index < -0.39 is 5.60 Å². The zero-order chi connectivity index (χ0) is 11.9. The summed E-state index contributed by atoms with van der Waals surface area (Å²) in [7, 11) is 0. The van der Waals surface area contributed by atoms with Crippen LogP contribution in [0.5, 0.6) is 5.75 Å². The largest absolute Gasteiger partial charge is 0.507 e.